The first-order valence-electron chi connectivity index (χ1n) is 8.53. The molecule has 0 aromatic rings. The van der Waals surface area contributed by atoms with Gasteiger partial charge in [0.25, 0.3) is 0 Å². The molecule has 23 heavy (non-hydrogen) atoms. The van der Waals surface area contributed by atoms with E-state index in [-0.39, 0.29) is 37.2 Å². The van der Waals surface area contributed by atoms with E-state index < -0.39 is 5.97 Å². The van der Waals surface area contributed by atoms with Crippen molar-refractivity contribution in [3.8, 4) is 0 Å². The van der Waals surface area contributed by atoms with Crippen LogP contribution in [0.4, 0.5) is 0 Å². The largest absolute Gasteiger partial charge is 0.480 e. The van der Waals surface area contributed by atoms with E-state index in [9.17, 15) is 14.4 Å². The van der Waals surface area contributed by atoms with Crippen molar-refractivity contribution in [3.05, 3.63) is 0 Å². The smallest absolute Gasteiger partial charge is 0.323 e. The summed E-state index contributed by atoms with van der Waals surface area (Å²) in [5.41, 5.74) is 0. The number of hydrogen-bond acceptors (Lipinski definition) is 4. The lowest BCUT2D eigenvalue weighted by molar-refractivity contribution is -0.147. The van der Waals surface area contributed by atoms with Gasteiger partial charge in [0.2, 0.25) is 11.8 Å². The number of carboxylic acid groups (broad SMARTS) is 1. The van der Waals surface area contributed by atoms with Gasteiger partial charge in [-0.3, -0.25) is 14.4 Å². The minimum absolute atomic E-state index is 0.0486. The Morgan fingerprint density at radius 1 is 1.17 bits per heavy atom. The molecular formula is C16H29N3O4. The number of nitrogens with one attached hydrogen (secondary N) is 2. The van der Waals surface area contributed by atoms with Crippen molar-refractivity contribution in [1.82, 2.24) is 15.5 Å². The Balaban J connectivity index is 2.40. The summed E-state index contributed by atoms with van der Waals surface area (Å²) in [4.78, 5) is 36.5. The van der Waals surface area contributed by atoms with Crippen LogP contribution >= 0.6 is 0 Å². The fraction of sp³-hybridized carbons (Fsp3) is 0.812. The first-order chi connectivity index (χ1) is 11.0. The van der Waals surface area contributed by atoms with Crippen molar-refractivity contribution in [2.24, 2.45) is 0 Å². The molecule has 0 radical (unpaired) electrons. The van der Waals surface area contributed by atoms with Gasteiger partial charge in [0.05, 0.1) is 0 Å². The Morgan fingerprint density at radius 2 is 1.87 bits per heavy atom. The first-order valence-corrected chi connectivity index (χ1v) is 8.53. The molecule has 0 spiro atoms. The van der Waals surface area contributed by atoms with E-state index >= 15 is 0 Å². The summed E-state index contributed by atoms with van der Waals surface area (Å²) < 4.78 is 0. The number of carboxylic acids is 1. The molecule has 1 fully saturated rings. The lowest BCUT2D eigenvalue weighted by Gasteiger charge is -2.33. The van der Waals surface area contributed by atoms with Crippen LogP contribution in [0.2, 0.25) is 0 Å². The molecule has 3 N–H and O–H groups in total. The Labute approximate surface area is 137 Å². The summed E-state index contributed by atoms with van der Waals surface area (Å²) in [6.45, 7) is 4.01. The number of nitrogens with zero attached hydrogens (tertiary/aromatic N) is 1. The van der Waals surface area contributed by atoms with Crippen molar-refractivity contribution in [1.29, 1.82) is 0 Å². The molecule has 1 aliphatic heterocycles. The average Bonchev–Trinajstić information content (AvgIpc) is 2.55. The molecule has 0 aromatic carbocycles. The van der Waals surface area contributed by atoms with E-state index in [1.807, 2.05) is 0 Å². The van der Waals surface area contributed by atoms with E-state index in [1.165, 1.54) is 4.90 Å². The molecule has 2 amide bonds. The molecule has 0 saturated carbocycles. The van der Waals surface area contributed by atoms with E-state index in [2.05, 4.69) is 17.6 Å². The summed E-state index contributed by atoms with van der Waals surface area (Å²) in [6.07, 6.45) is 4.79. The minimum Gasteiger partial charge on any atom is -0.480 e. The molecular weight excluding hydrogens is 298 g/mol. The molecule has 132 valence electrons. The highest BCUT2D eigenvalue weighted by Gasteiger charge is 2.27. The molecule has 7 heteroatoms. The van der Waals surface area contributed by atoms with E-state index in [4.69, 9.17) is 5.11 Å². The van der Waals surface area contributed by atoms with Crippen molar-refractivity contribution in [3.63, 3.8) is 0 Å². The molecule has 0 unspecified atom stereocenters. The zero-order valence-electron chi connectivity index (χ0n) is 14.0. The van der Waals surface area contributed by atoms with Crippen LogP contribution in [0.3, 0.4) is 0 Å². The number of piperidine rings is 1. The topological polar surface area (TPSA) is 98.7 Å². The van der Waals surface area contributed by atoms with Gasteiger partial charge in [-0.2, -0.15) is 0 Å². The highest BCUT2D eigenvalue weighted by Crippen LogP contribution is 2.13. The number of hydrogen-bond donors (Lipinski definition) is 3. The van der Waals surface area contributed by atoms with Gasteiger partial charge in [-0.15, -0.1) is 0 Å². The summed E-state index contributed by atoms with van der Waals surface area (Å²) in [5.74, 6) is -1.40. The number of carbonyl (C=O) groups excluding carboxylic acids is 2. The second kappa shape index (κ2) is 11.0. The minimum atomic E-state index is -1.01. The van der Waals surface area contributed by atoms with Gasteiger partial charge in [0, 0.05) is 25.4 Å². The Bertz CT molecular complexity index is 395. The van der Waals surface area contributed by atoms with Gasteiger partial charge in [-0.25, -0.2) is 0 Å². The molecule has 1 saturated heterocycles. The maximum atomic E-state index is 12.3. The summed E-state index contributed by atoms with van der Waals surface area (Å²) in [5, 5.41) is 15.0. The SMILES string of the molecule is CCCCCNC(=O)CCC(=O)N(CC(=O)O)C1CCNCC1. The van der Waals surface area contributed by atoms with Gasteiger partial charge in [-0.05, 0) is 32.4 Å². The normalized spacial score (nSPS) is 15.2. The van der Waals surface area contributed by atoms with Crippen LogP contribution < -0.4 is 10.6 Å². The molecule has 0 atom stereocenters. The van der Waals surface area contributed by atoms with Gasteiger partial charge >= 0.3 is 5.97 Å². The third-order valence-electron chi connectivity index (χ3n) is 4.04. The lowest BCUT2D eigenvalue weighted by Crippen LogP contribution is -2.48. The van der Waals surface area contributed by atoms with Crippen molar-refractivity contribution in [2.45, 2.75) is 57.9 Å². The van der Waals surface area contributed by atoms with E-state index in [0.717, 1.165) is 45.2 Å². The Hall–Kier alpha value is -1.63. The molecule has 1 heterocycles. The van der Waals surface area contributed by atoms with Gasteiger partial charge in [0.15, 0.2) is 0 Å². The Kier molecular flexibility index (Phi) is 9.28. The fourth-order valence-electron chi connectivity index (χ4n) is 2.74. The van der Waals surface area contributed by atoms with Crippen LogP contribution in [-0.4, -0.2) is 60.0 Å². The third kappa shape index (κ3) is 7.97. The molecule has 0 bridgehead atoms. The van der Waals surface area contributed by atoms with E-state index in [0.29, 0.717) is 6.54 Å². The van der Waals surface area contributed by atoms with Crippen molar-refractivity contribution < 1.29 is 19.5 Å². The molecule has 1 aliphatic rings. The van der Waals surface area contributed by atoms with Gasteiger partial charge in [-0.1, -0.05) is 19.8 Å². The number of carbonyl (C=O) groups is 3. The van der Waals surface area contributed by atoms with Crippen LogP contribution in [0.15, 0.2) is 0 Å². The number of unbranched alkanes of at least 4 members (excludes halogenated alkanes) is 2. The predicted molar refractivity (Wildman–Crippen MR) is 87.0 cm³/mol. The second-order valence-corrected chi connectivity index (χ2v) is 5.95. The molecule has 0 aromatic heterocycles. The standard InChI is InChI=1S/C16H29N3O4/c1-2-3-4-9-18-14(20)5-6-15(21)19(12-16(22)23)13-7-10-17-11-8-13/h13,17H,2-12H2,1H3,(H,18,20)(H,22,23). The molecule has 1 rings (SSSR count). The highest BCUT2D eigenvalue weighted by molar-refractivity contribution is 5.86. The van der Waals surface area contributed by atoms with Crippen LogP contribution in [0.25, 0.3) is 0 Å². The maximum Gasteiger partial charge on any atom is 0.323 e. The molecule has 0 aliphatic carbocycles. The van der Waals surface area contributed by atoms with Crippen molar-refractivity contribution in [2.75, 3.05) is 26.2 Å². The number of rotatable bonds is 10. The summed E-state index contributed by atoms with van der Waals surface area (Å²) in [6, 6.07) is -0.0486. The lowest BCUT2D eigenvalue weighted by atomic mass is 10.0. The van der Waals surface area contributed by atoms with Gasteiger partial charge < -0.3 is 20.6 Å². The zero-order chi connectivity index (χ0) is 17.1. The fourth-order valence-corrected chi connectivity index (χ4v) is 2.74. The predicted octanol–water partition coefficient (Wildman–Crippen LogP) is 0.738. The quantitative estimate of drug-likeness (QED) is 0.514. The maximum absolute atomic E-state index is 12.3. The zero-order valence-corrected chi connectivity index (χ0v) is 14.0. The first kappa shape index (κ1) is 19.4. The van der Waals surface area contributed by atoms with E-state index in [1.54, 1.807) is 0 Å². The Morgan fingerprint density at radius 3 is 2.48 bits per heavy atom. The van der Waals surface area contributed by atoms with Crippen LogP contribution in [0.1, 0.15) is 51.9 Å². The van der Waals surface area contributed by atoms with Crippen LogP contribution in [0.5, 0.6) is 0 Å². The van der Waals surface area contributed by atoms with Gasteiger partial charge in [0.1, 0.15) is 6.54 Å². The second-order valence-electron chi connectivity index (χ2n) is 5.95. The van der Waals surface area contributed by atoms with Crippen molar-refractivity contribution >= 4 is 17.8 Å². The monoisotopic (exact) mass is 327 g/mol. The third-order valence-corrected chi connectivity index (χ3v) is 4.04. The average molecular weight is 327 g/mol. The highest BCUT2D eigenvalue weighted by atomic mass is 16.4. The van der Waals surface area contributed by atoms with Crippen LogP contribution in [0, 0.1) is 0 Å². The molecule has 7 nitrogen and oxygen atoms in total. The van der Waals surface area contributed by atoms with Crippen LogP contribution in [-0.2, 0) is 14.4 Å². The number of aliphatic carboxylic acids is 1. The summed E-state index contributed by atoms with van der Waals surface area (Å²) in [7, 11) is 0. The number of amides is 2. The summed E-state index contributed by atoms with van der Waals surface area (Å²) >= 11 is 0.